The standard InChI is InChI=1S/C15H23N3O2/c1-20-14-5-3-2-4-13(14)17-10-15(19)18-12-8-6-11(16)7-9-12/h2-5,11-12,17H,6-10,16H2,1H3,(H,18,19). The van der Waals surface area contributed by atoms with Crippen LogP contribution in [0.2, 0.25) is 0 Å². The van der Waals surface area contributed by atoms with E-state index in [1.807, 2.05) is 24.3 Å². The molecule has 1 aromatic carbocycles. The first-order valence-electron chi connectivity index (χ1n) is 7.11. The summed E-state index contributed by atoms with van der Waals surface area (Å²) in [6.45, 7) is 0.253. The lowest BCUT2D eigenvalue weighted by molar-refractivity contribution is -0.120. The zero-order chi connectivity index (χ0) is 14.4. The number of nitrogens with one attached hydrogen (secondary N) is 2. The van der Waals surface area contributed by atoms with Crippen molar-refractivity contribution in [1.82, 2.24) is 5.32 Å². The highest BCUT2D eigenvalue weighted by Crippen LogP contribution is 2.22. The summed E-state index contributed by atoms with van der Waals surface area (Å²) in [7, 11) is 1.62. The number of carbonyl (C=O) groups excluding carboxylic acids is 1. The Balaban J connectivity index is 1.77. The third-order valence-corrected chi connectivity index (χ3v) is 3.68. The van der Waals surface area contributed by atoms with E-state index in [1.165, 1.54) is 0 Å². The molecule has 1 aliphatic carbocycles. The van der Waals surface area contributed by atoms with Gasteiger partial charge in [0.05, 0.1) is 19.3 Å². The molecular weight excluding hydrogens is 254 g/mol. The lowest BCUT2D eigenvalue weighted by atomic mass is 9.92. The summed E-state index contributed by atoms with van der Waals surface area (Å²) in [5.41, 5.74) is 6.68. The van der Waals surface area contributed by atoms with Gasteiger partial charge in [-0.1, -0.05) is 12.1 Å². The molecule has 5 nitrogen and oxygen atoms in total. The second kappa shape index (κ2) is 7.14. The molecule has 1 fully saturated rings. The summed E-state index contributed by atoms with van der Waals surface area (Å²) in [5.74, 6) is 0.750. The minimum absolute atomic E-state index is 0.0105. The maximum atomic E-state index is 11.9. The van der Waals surface area contributed by atoms with E-state index in [9.17, 15) is 4.79 Å². The highest BCUT2D eigenvalue weighted by atomic mass is 16.5. The molecule has 1 amide bonds. The van der Waals surface area contributed by atoms with Crippen LogP contribution < -0.4 is 21.1 Å². The molecule has 4 N–H and O–H groups in total. The van der Waals surface area contributed by atoms with Crippen LogP contribution in [0.25, 0.3) is 0 Å². The summed E-state index contributed by atoms with van der Waals surface area (Å²) < 4.78 is 5.23. The summed E-state index contributed by atoms with van der Waals surface area (Å²) in [4.78, 5) is 11.9. The van der Waals surface area contributed by atoms with Gasteiger partial charge >= 0.3 is 0 Å². The van der Waals surface area contributed by atoms with Crippen molar-refractivity contribution in [2.24, 2.45) is 5.73 Å². The number of nitrogens with two attached hydrogens (primary N) is 1. The number of methoxy groups -OCH3 is 1. The number of carbonyl (C=O) groups is 1. The van der Waals surface area contributed by atoms with Crippen LogP contribution in [0, 0.1) is 0 Å². The van der Waals surface area contributed by atoms with Crippen LogP contribution in [0.5, 0.6) is 5.75 Å². The normalized spacial score (nSPS) is 22.1. The molecule has 110 valence electrons. The fourth-order valence-corrected chi connectivity index (χ4v) is 2.51. The van der Waals surface area contributed by atoms with Crippen molar-refractivity contribution in [2.45, 2.75) is 37.8 Å². The minimum Gasteiger partial charge on any atom is -0.495 e. The van der Waals surface area contributed by atoms with Gasteiger partial charge in [-0.15, -0.1) is 0 Å². The lowest BCUT2D eigenvalue weighted by Crippen LogP contribution is -2.42. The van der Waals surface area contributed by atoms with E-state index in [4.69, 9.17) is 10.5 Å². The zero-order valence-corrected chi connectivity index (χ0v) is 11.9. The Bertz CT molecular complexity index is 442. The van der Waals surface area contributed by atoms with E-state index in [0.29, 0.717) is 6.04 Å². The number of hydrogen-bond donors (Lipinski definition) is 3. The third kappa shape index (κ3) is 4.13. The summed E-state index contributed by atoms with van der Waals surface area (Å²) in [6.07, 6.45) is 3.93. The average Bonchev–Trinajstić information content (AvgIpc) is 2.48. The van der Waals surface area contributed by atoms with Crippen LogP contribution in [0.3, 0.4) is 0 Å². The van der Waals surface area contributed by atoms with Gasteiger partial charge < -0.3 is 21.1 Å². The third-order valence-electron chi connectivity index (χ3n) is 3.68. The summed E-state index contributed by atoms with van der Waals surface area (Å²) >= 11 is 0. The summed E-state index contributed by atoms with van der Waals surface area (Å²) in [5, 5.41) is 6.15. The number of anilines is 1. The Morgan fingerprint density at radius 1 is 1.30 bits per heavy atom. The second-order valence-electron chi connectivity index (χ2n) is 5.23. The van der Waals surface area contributed by atoms with Gasteiger partial charge in [0, 0.05) is 12.1 Å². The van der Waals surface area contributed by atoms with E-state index in [0.717, 1.165) is 37.1 Å². The van der Waals surface area contributed by atoms with Crippen molar-refractivity contribution in [3.63, 3.8) is 0 Å². The van der Waals surface area contributed by atoms with Gasteiger partial charge in [-0.05, 0) is 37.8 Å². The number of hydrogen-bond acceptors (Lipinski definition) is 4. The van der Waals surface area contributed by atoms with Crippen LogP contribution in [0.15, 0.2) is 24.3 Å². The van der Waals surface area contributed by atoms with Crippen LogP contribution >= 0.6 is 0 Å². The molecule has 5 heteroatoms. The maximum Gasteiger partial charge on any atom is 0.239 e. The minimum atomic E-state index is 0.0105. The van der Waals surface area contributed by atoms with Crippen molar-refractivity contribution in [1.29, 1.82) is 0 Å². The van der Waals surface area contributed by atoms with Crippen LogP contribution in [-0.4, -0.2) is 31.6 Å². The quantitative estimate of drug-likeness (QED) is 0.762. The first-order chi connectivity index (χ1) is 9.69. The molecular formula is C15H23N3O2. The number of benzene rings is 1. The van der Waals surface area contributed by atoms with Crippen molar-refractivity contribution >= 4 is 11.6 Å². The molecule has 0 spiro atoms. The highest BCUT2D eigenvalue weighted by Gasteiger charge is 2.19. The van der Waals surface area contributed by atoms with E-state index < -0.39 is 0 Å². The van der Waals surface area contributed by atoms with Gasteiger partial charge in [0.1, 0.15) is 5.75 Å². The smallest absolute Gasteiger partial charge is 0.239 e. The Labute approximate surface area is 119 Å². The monoisotopic (exact) mass is 277 g/mol. The first kappa shape index (κ1) is 14.7. The Morgan fingerprint density at radius 2 is 2.00 bits per heavy atom. The van der Waals surface area contributed by atoms with Crippen LogP contribution in [0.4, 0.5) is 5.69 Å². The van der Waals surface area contributed by atoms with E-state index >= 15 is 0 Å². The Hall–Kier alpha value is -1.75. The predicted octanol–water partition coefficient (Wildman–Crippen LogP) is 1.49. The predicted molar refractivity (Wildman–Crippen MR) is 79.9 cm³/mol. The molecule has 1 aromatic rings. The lowest BCUT2D eigenvalue weighted by Gasteiger charge is -2.26. The molecule has 0 radical (unpaired) electrons. The average molecular weight is 277 g/mol. The van der Waals surface area contributed by atoms with Gasteiger partial charge in [0.2, 0.25) is 5.91 Å². The Morgan fingerprint density at radius 3 is 2.70 bits per heavy atom. The topological polar surface area (TPSA) is 76.4 Å². The van der Waals surface area contributed by atoms with Gasteiger partial charge in [0.25, 0.3) is 0 Å². The zero-order valence-electron chi connectivity index (χ0n) is 11.9. The van der Waals surface area contributed by atoms with Gasteiger partial charge in [-0.3, -0.25) is 4.79 Å². The van der Waals surface area contributed by atoms with E-state index in [1.54, 1.807) is 7.11 Å². The highest BCUT2D eigenvalue weighted by molar-refractivity contribution is 5.81. The first-order valence-corrected chi connectivity index (χ1v) is 7.11. The fourth-order valence-electron chi connectivity index (χ4n) is 2.51. The number of para-hydroxylation sites is 2. The maximum absolute atomic E-state index is 11.9. The molecule has 0 aliphatic heterocycles. The molecule has 1 aliphatic rings. The van der Waals surface area contributed by atoms with Crippen molar-refractivity contribution < 1.29 is 9.53 Å². The van der Waals surface area contributed by atoms with Gasteiger partial charge in [0.15, 0.2) is 0 Å². The van der Waals surface area contributed by atoms with Crippen LogP contribution in [-0.2, 0) is 4.79 Å². The van der Waals surface area contributed by atoms with Crippen molar-refractivity contribution in [3.05, 3.63) is 24.3 Å². The molecule has 0 heterocycles. The van der Waals surface area contributed by atoms with Crippen LogP contribution in [0.1, 0.15) is 25.7 Å². The Kier molecular flexibility index (Phi) is 5.24. The second-order valence-corrected chi connectivity index (χ2v) is 5.23. The van der Waals surface area contributed by atoms with Crippen molar-refractivity contribution in [3.8, 4) is 5.75 Å². The molecule has 0 bridgehead atoms. The molecule has 0 atom stereocenters. The SMILES string of the molecule is COc1ccccc1NCC(=O)NC1CCC(N)CC1. The number of ether oxygens (including phenoxy) is 1. The molecule has 1 saturated carbocycles. The largest absolute Gasteiger partial charge is 0.495 e. The van der Waals surface area contributed by atoms with E-state index in [-0.39, 0.29) is 18.5 Å². The number of amides is 1. The number of rotatable bonds is 5. The van der Waals surface area contributed by atoms with Gasteiger partial charge in [-0.2, -0.15) is 0 Å². The van der Waals surface area contributed by atoms with E-state index in [2.05, 4.69) is 10.6 Å². The molecule has 0 aromatic heterocycles. The molecule has 2 rings (SSSR count). The molecule has 0 unspecified atom stereocenters. The van der Waals surface area contributed by atoms with Gasteiger partial charge in [-0.25, -0.2) is 0 Å². The summed E-state index contributed by atoms with van der Waals surface area (Å²) in [6, 6.07) is 8.13. The van der Waals surface area contributed by atoms with Crippen molar-refractivity contribution in [2.75, 3.05) is 19.0 Å². The molecule has 0 saturated heterocycles. The fraction of sp³-hybridized carbons (Fsp3) is 0.533. The molecule has 20 heavy (non-hydrogen) atoms.